The number of likely N-dealkylation sites (tertiary alicyclic amines) is 1. The van der Waals surface area contributed by atoms with E-state index < -0.39 is 0 Å². The number of nitrogens with zero attached hydrogens (tertiary/aromatic N) is 1. The summed E-state index contributed by atoms with van der Waals surface area (Å²) in [4.78, 5) is 14.9. The average molecular weight is 375 g/mol. The third kappa shape index (κ3) is 5.05. The molecule has 1 unspecified atom stereocenters. The van der Waals surface area contributed by atoms with Crippen LogP contribution in [-0.4, -0.2) is 23.9 Å². The standard InChI is InChI=1S/C21H24ClFN2O/c1-15(17-4-8-20(23)9-5-17)24-21(26)18-10-12-25(13-11-18)14-16-2-6-19(22)7-3-16/h2-9,15,18H,10-14H2,1H3,(H,24,26). The first-order valence-corrected chi connectivity index (χ1v) is 9.41. The number of rotatable bonds is 5. The van der Waals surface area contributed by atoms with E-state index in [1.165, 1.54) is 17.7 Å². The highest BCUT2D eigenvalue weighted by Gasteiger charge is 2.26. The van der Waals surface area contributed by atoms with Crippen LogP contribution in [0.1, 0.15) is 36.9 Å². The van der Waals surface area contributed by atoms with Crippen molar-refractivity contribution < 1.29 is 9.18 Å². The molecule has 0 aromatic heterocycles. The molecule has 1 fully saturated rings. The van der Waals surface area contributed by atoms with Crippen LogP contribution in [0.2, 0.25) is 5.02 Å². The molecule has 1 amide bonds. The van der Waals surface area contributed by atoms with Crippen LogP contribution in [0.5, 0.6) is 0 Å². The summed E-state index contributed by atoms with van der Waals surface area (Å²) >= 11 is 5.93. The summed E-state index contributed by atoms with van der Waals surface area (Å²) in [6, 6.07) is 14.1. The van der Waals surface area contributed by atoms with Crippen LogP contribution < -0.4 is 5.32 Å². The molecule has 0 radical (unpaired) electrons. The minimum absolute atomic E-state index is 0.0411. The van der Waals surface area contributed by atoms with E-state index in [1.54, 1.807) is 12.1 Å². The SMILES string of the molecule is CC(NC(=O)C1CCN(Cc2ccc(Cl)cc2)CC1)c1ccc(F)cc1. The van der Waals surface area contributed by atoms with Crippen LogP contribution in [0.3, 0.4) is 0 Å². The van der Waals surface area contributed by atoms with E-state index in [0.29, 0.717) is 0 Å². The molecular weight excluding hydrogens is 351 g/mol. The minimum atomic E-state index is -0.264. The zero-order chi connectivity index (χ0) is 18.5. The molecule has 0 aliphatic carbocycles. The van der Waals surface area contributed by atoms with Crippen molar-refractivity contribution in [2.75, 3.05) is 13.1 Å². The Kier molecular flexibility index (Phi) is 6.28. The Bertz CT molecular complexity index is 725. The van der Waals surface area contributed by atoms with Crippen LogP contribution in [0.25, 0.3) is 0 Å². The van der Waals surface area contributed by atoms with E-state index in [4.69, 9.17) is 11.6 Å². The second kappa shape index (κ2) is 8.65. The van der Waals surface area contributed by atoms with Crippen LogP contribution >= 0.6 is 11.6 Å². The van der Waals surface area contributed by atoms with Crippen molar-refractivity contribution in [1.29, 1.82) is 0 Å². The molecule has 1 heterocycles. The quantitative estimate of drug-likeness (QED) is 0.831. The lowest BCUT2D eigenvalue weighted by Gasteiger charge is -2.32. The van der Waals surface area contributed by atoms with E-state index in [-0.39, 0.29) is 23.7 Å². The molecule has 0 spiro atoms. The molecule has 3 rings (SSSR count). The van der Waals surface area contributed by atoms with Crippen LogP contribution in [0.4, 0.5) is 4.39 Å². The molecule has 3 nitrogen and oxygen atoms in total. The number of piperidine rings is 1. The molecule has 2 aromatic rings. The van der Waals surface area contributed by atoms with Gasteiger partial charge in [-0.15, -0.1) is 0 Å². The summed E-state index contributed by atoms with van der Waals surface area (Å²) < 4.78 is 13.0. The lowest BCUT2D eigenvalue weighted by Crippen LogP contribution is -2.40. The second-order valence-electron chi connectivity index (χ2n) is 6.96. The van der Waals surface area contributed by atoms with Gasteiger partial charge in [0, 0.05) is 17.5 Å². The first-order valence-electron chi connectivity index (χ1n) is 9.04. The molecule has 5 heteroatoms. The molecule has 26 heavy (non-hydrogen) atoms. The molecule has 2 aromatic carbocycles. The molecule has 1 aliphatic rings. The fourth-order valence-electron chi connectivity index (χ4n) is 3.37. The molecule has 1 atom stereocenters. The fraction of sp³-hybridized carbons (Fsp3) is 0.381. The van der Waals surface area contributed by atoms with Crippen LogP contribution in [-0.2, 0) is 11.3 Å². The second-order valence-corrected chi connectivity index (χ2v) is 7.40. The maximum Gasteiger partial charge on any atom is 0.223 e. The summed E-state index contributed by atoms with van der Waals surface area (Å²) in [6.45, 7) is 4.63. The Labute approximate surface area is 159 Å². The topological polar surface area (TPSA) is 32.3 Å². The number of halogens is 2. The number of amides is 1. The van der Waals surface area contributed by atoms with Crippen molar-refractivity contribution in [3.63, 3.8) is 0 Å². The van der Waals surface area contributed by atoms with Crippen molar-refractivity contribution in [2.45, 2.75) is 32.4 Å². The van der Waals surface area contributed by atoms with Crippen LogP contribution in [0, 0.1) is 11.7 Å². The zero-order valence-corrected chi connectivity index (χ0v) is 15.7. The molecule has 1 aliphatic heterocycles. The average Bonchev–Trinajstić information content (AvgIpc) is 2.64. The summed E-state index contributed by atoms with van der Waals surface area (Å²) in [6.07, 6.45) is 1.71. The van der Waals surface area contributed by atoms with Gasteiger partial charge in [0.1, 0.15) is 5.82 Å². The van der Waals surface area contributed by atoms with Gasteiger partial charge in [-0.05, 0) is 68.2 Å². The van der Waals surface area contributed by atoms with Gasteiger partial charge < -0.3 is 5.32 Å². The maximum absolute atomic E-state index is 13.0. The van der Waals surface area contributed by atoms with E-state index in [2.05, 4.69) is 10.2 Å². The Morgan fingerprint density at radius 2 is 1.77 bits per heavy atom. The van der Waals surface area contributed by atoms with Crippen LogP contribution in [0.15, 0.2) is 48.5 Å². The monoisotopic (exact) mass is 374 g/mol. The lowest BCUT2D eigenvalue weighted by molar-refractivity contribution is -0.127. The van der Waals surface area contributed by atoms with Crippen molar-refractivity contribution in [2.24, 2.45) is 5.92 Å². The number of hydrogen-bond donors (Lipinski definition) is 1. The predicted octanol–water partition coefficient (Wildman–Crippen LogP) is 4.57. The van der Waals surface area contributed by atoms with Gasteiger partial charge in [-0.2, -0.15) is 0 Å². The number of benzene rings is 2. The highest BCUT2D eigenvalue weighted by Crippen LogP contribution is 2.21. The zero-order valence-electron chi connectivity index (χ0n) is 14.9. The number of hydrogen-bond acceptors (Lipinski definition) is 2. The van der Waals surface area contributed by atoms with Crippen molar-refractivity contribution in [1.82, 2.24) is 10.2 Å². The van der Waals surface area contributed by atoms with Crippen molar-refractivity contribution in [3.05, 3.63) is 70.5 Å². The largest absolute Gasteiger partial charge is 0.349 e. The summed E-state index contributed by atoms with van der Waals surface area (Å²) in [7, 11) is 0. The van der Waals surface area contributed by atoms with Gasteiger partial charge in [0.25, 0.3) is 0 Å². The third-order valence-electron chi connectivity index (χ3n) is 5.01. The van der Waals surface area contributed by atoms with Gasteiger partial charge in [-0.1, -0.05) is 35.9 Å². The first kappa shape index (κ1) is 18.9. The van der Waals surface area contributed by atoms with Gasteiger partial charge in [0.2, 0.25) is 5.91 Å². The Hall–Kier alpha value is -1.91. The Balaban J connectivity index is 1.47. The lowest BCUT2D eigenvalue weighted by atomic mass is 9.95. The molecule has 1 saturated heterocycles. The number of carbonyl (C=O) groups excluding carboxylic acids is 1. The highest BCUT2D eigenvalue weighted by molar-refractivity contribution is 6.30. The normalized spacial score (nSPS) is 17.0. The molecular formula is C21H24ClFN2O. The van der Waals surface area contributed by atoms with E-state index in [9.17, 15) is 9.18 Å². The van der Waals surface area contributed by atoms with E-state index >= 15 is 0 Å². The predicted molar refractivity (Wildman–Crippen MR) is 102 cm³/mol. The summed E-state index contributed by atoms with van der Waals surface area (Å²) in [5.74, 6) is -0.132. The number of carbonyl (C=O) groups is 1. The van der Waals surface area contributed by atoms with Gasteiger partial charge in [-0.3, -0.25) is 9.69 Å². The molecule has 1 N–H and O–H groups in total. The van der Waals surface area contributed by atoms with Gasteiger partial charge in [0.15, 0.2) is 0 Å². The number of nitrogens with one attached hydrogen (secondary N) is 1. The van der Waals surface area contributed by atoms with E-state index in [1.807, 2.05) is 31.2 Å². The Morgan fingerprint density at radius 3 is 2.38 bits per heavy atom. The maximum atomic E-state index is 13.0. The van der Waals surface area contributed by atoms with Crippen molar-refractivity contribution >= 4 is 17.5 Å². The molecule has 0 bridgehead atoms. The fourth-order valence-corrected chi connectivity index (χ4v) is 3.49. The van der Waals surface area contributed by atoms with Gasteiger partial charge >= 0.3 is 0 Å². The summed E-state index contributed by atoms with van der Waals surface area (Å²) in [5, 5.41) is 3.81. The Morgan fingerprint density at radius 1 is 1.15 bits per heavy atom. The minimum Gasteiger partial charge on any atom is -0.349 e. The molecule has 138 valence electrons. The van der Waals surface area contributed by atoms with Gasteiger partial charge in [0.05, 0.1) is 6.04 Å². The van der Waals surface area contributed by atoms with Crippen molar-refractivity contribution in [3.8, 4) is 0 Å². The first-order chi connectivity index (χ1) is 12.5. The van der Waals surface area contributed by atoms with E-state index in [0.717, 1.165) is 43.1 Å². The highest BCUT2D eigenvalue weighted by atomic mass is 35.5. The van der Waals surface area contributed by atoms with Gasteiger partial charge in [-0.25, -0.2) is 4.39 Å². The molecule has 0 saturated carbocycles. The third-order valence-corrected chi connectivity index (χ3v) is 5.26. The smallest absolute Gasteiger partial charge is 0.223 e. The summed E-state index contributed by atoms with van der Waals surface area (Å²) in [5.41, 5.74) is 2.15.